The average Bonchev–Trinajstić information content (AvgIpc) is 2.69. The number of allylic oxidation sites excluding steroid dienone is 2. The molecule has 0 unspecified atom stereocenters. The van der Waals surface area contributed by atoms with Crippen LogP contribution in [0.25, 0.3) is 0 Å². The molecule has 0 N–H and O–H groups in total. The van der Waals surface area contributed by atoms with Crippen LogP contribution in [0.5, 0.6) is 0 Å². The molecule has 0 aromatic heterocycles. The van der Waals surface area contributed by atoms with E-state index in [-0.39, 0.29) is 6.23 Å². The number of hydrogen-bond acceptors (Lipinski definition) is 3. The van der Waals surface area contributed by atoms with Crippen molar-refractivity contribution in [2.75, 3.05) is 26.9 Å². The highest BCUT2D eigenvalue weighted by molar-refractivity contribution is 5.10. The van der Waals surface area contributed by atoms with Crippen LogP contribution in [0, 0.1) is 0 Å². The molecule has 0 amide bonds. The van der Waals surface area contributed by atoms with Crippen molar-refractivity contribution in [2.45, 2.75) is 19.1 Å². The SMILES string of the molecule is CN1C=CC=C[C@H]1OCN1CCCC1. The van der Waals surface area contributed by atoms with Gasteiger partial charge in [0.05, 0.1) is 0 Å². The maximum atomic E-state index is 5.79. The largest absolute Gasteiger partial charge is 0.352 e. The second-order valence-corrected chi connectivity index (χ2v) is 3.90. The van der Waals surface area contributed by atoms with Gasteiger partial charge in [0.1, 0.15) is 6.73 Å². The molecule has 3 nitrogen and oxygen atoms in total. The summed E-state index contributed by atoms with van der Waals surface area (Å²) in [5.74, 6) is 0. The lowest BCUT2D eigenvalue weighted by Crippen LogP contribution is -2.34. The third-order valence-electron chi connectivity index (χ3n) is 2.74. The topological polar surface area (TPSA) is 15.7 Å². The molecule has 1 saturated heterocycles. The monoisotopic (exact) mass is 194 g/mol. The van der Waals surface area contributed by atoms with Crippen molar-refractivity contribution in [2.24, 2.45) is 0 Å². The fraction of sp³-hybridized carbons (Fsp3) is 0.636. The van der Waals surface area contributed by atoms with Crippen LogP contribution in [0.4, 0.5) is 0 Å². The van der Waals surface area contributed by atoms with Crippen LogP contribution >= 0.6 is 0 Å². The Bertz CT molecular complexity index is 231. The zero-order valence-electron chi connectivity index (χ0n) is 8.72. The highest BCUT2D eigenvalue weighted by atomic mass is 16.5. The molecule has 0 aliphatic carbocycles. The molecule has 0 saturated carbocycles. The summed E-state index contributed by atoms with van der Waals surface area (Å²) in [7, 11) is 2.04. The first-order chi connectivity index (χ1) is 6.86. The summed E-state index contributed by atoms with van der Waals surface area (Å²) in [5.41, 5.74) is 0. The normalized spacial score (nSPS) is 27.5. The summed E-state index contributed by atoms with van der Waals surface area (Å²) < 4.78 is 5.79. The molecule has 2 rings (SSSR count). The van der Waals surface area contributed by atoms with Gasteiger partial charge in [-0.1, -0.05) is 6.08 Å². The van der Waals surface area contributed by atoms with Gasteiger partial charge in [-0.05, 0) is 25.0 Å². The number of ether oxygens (including phenoxy) is 1. The van der Waals surface area contributed by atoms with E-state index < -0.39 is 0 Å². The summed E-state index contributed by atoms with van der Waals surface area (Å²) in [6.07, 6.45) is 10.9. The molecule has 78 valence electrons. The fourth-order valence-electron chi connectivity index (χ4n) is 1.83. The molecule has 0 aromatic rings. The second-order valence-electron chi connectivity index (χ2n) is 3.90. The molecule has 3 heteroatoms. The Morgan fingerprint density at radius 1 is 1.29 bits per heavy atom. The van der Waals surface area contributed by atoms with Crippen molar-refractivity contribution in [3.63, 3.8) is 0 Å². The molecular weight excluding hydrogens is 176 g/mol. The van der Waals surface area contributed by atoms with Crippen LogP contribution in [-0.2, 0) is 4.74 Å². The lowest BCUT2D eigenvalue weighted by Gasteiger charge is -2.28. The van der Waals surface area contributed by atoms with E-state index in [2.05, 4.69) is 15.9 Å². The van der Waals surface area contributed by atoms with Crippen LogP contribution in [0.3, 0.4) is 0 Å². The van der Waals surface area contributed by atoms with Crippen molar-refractivity contribution in [3.8, 4) is 0 Å². The maximum absolute atomic E-state index is 5.79. The van der Waals surface area contributed by atoms with Gasteiger partial charge in [0, 0.05) is 26.3 Å². The Labute approximate surface area is 85.6 Å². The summed E-state index contributed by atoms with van der Waals surface area (Å²) >= 11 is 0. The Morgan fingerprint density at radius 3 is 2.79 bits per heavy atom. The van der Waals surface area contributed by atoms with Gasteiger partial charge in [0.15, 0.2) is 6.23 Å². The molecule has 2 aliphatic heterocycles. The van der Waals surface area contributed by atoms with Crippen LogP contribution in [0.2, 0.25) is 0 Å². The van der Waals surface area contributed by atoms with Gasteiger partial charge in [0.2, 0.25) is 0 Å². The van der Waals surface area contributed by atoms with E-state index in [1.165, 1.54) is 25.9 Å². The summed E-state index contributed by atoms with van der Waals surface area (Å²) in [6, 6.07) is 0. The molecule has 0 aromatic carbocycles. The van der Waals surface area contributed by atoms with Gasteiger partial charge in [-0.25, -0.2) is 0 Å². The number of likely N-dealkylation sites (N-methyl/N-ethyl adjacent to an activating group) is 1. The zero-order valence-corrected chi connectivity index (χ0v) is 8.72. The first-order valence-electron chi connectivity index (χ1n) is 5.27. The van der Waals surface area contributed by atoms with Gasteiger partial charge in [-0.2, -0.15) is 0 Å². The van der Waals surface area contributed by atoms with Crippen molar-refractivity contribution >= 4 is 0 Å². The minimum Gasteiger partial charge on any atom is -0.352 e. The molecule has 0 radical (unpaired) electrons. The van der Waals surface area contributed by atoms with Gasteiger partial charge >= 0.3 is 0 Å². The lowest BCUT2D eigenvalue weighted by atomic mass is 10.3. The standard InChI is InChI=1S/C11H18N2O/c1-12-7-3-2-6-11(12)14-10-13-8-4-5-9-13/h2-3,6-7,11H,4-5,8-10H2,1H3/t11-/m1/s1. The van der Waals surface area contributed by atoms with E-state index in [9.17, 15) is 0 Å². The summed E-state index contributed by atoms with van der Waals surface area (Å²) in [6.45, 7) is 3.14. The van der Waals surface area contributed by atoms with E-state index in [1.54, 1.807) is 0 Å². The second kappa shape index (κ2) is 4.62. The van der Waals surface area contributed by atoms with Gasteiger partial charge < -0.3 is 9.64 Å². The predicted molar refractivity (Wildman–Crippen MR) is 56.6 cm³/mol. The number of rotatable bonds is 3. The molecule has 2 aliphatic rings. The van der Waals surface area contributed by atoms with Crippen LogP contribution in [-0.4, -0.2) is 42.9 Å². The first kappa shape index (κ1) is 9.74. The molecule has 2 heterocycles. The number of nitrogens with zero attached hydrogens (tertiary/aromatic N) is 2. The first-order valence-corrected chi connectivity index (χ1v) is 5.27. The molecule has 0 spiro atoms. The Balaban J connectivity index is 1.74. The molecule has 1 atom stereocenters. The summed E-state index contributed by atoms with van der Waals surface area (Å²) in [5, 5.41) is 0. The highest BCUT2D eigenvalue weighted by Gasteiger charge is 2.15. The minimum atomic E-state index is 0.112. The van der Waals surface area contributed by atoms with Crippen LogP contribution < -0.4 is 0 Å². The van der Waals surface area contributed by atoms with E-state index >= 15 is 0 Å². The summed E-state index contributed by atoms with van der Waals surface area (Å²) in [4.78, 5) is 4.44. The Hall–Kier alpha value is -0.800. The van der Waals surface area contributed by atoms with Gasteiger partial charge in [-0.15, -0.1) is 0 Å². The zero-order chi connectivity index (χ0) is 9.80. The number of hydrogen-bond donors (Lipinski definition) is 0. The van der Waals surface area contributed by atoms with Crippen molar-refractivity contribution in [3.05, 3.63) is 24.4 Å². The van der Waals surface area contributed by atoms with Crippen molar-refractivity contribution in [1.29, 1.82) is 0 Å². The third-order valence-corrected chi connectivity index (χ3v) is 2.74. The molecule has 0 bridgehead atoms. The van der Waals surface area contributed by atoms with Crippen molar-refractivity contribution < 1.29 is 4.74 Å². The maximum Gasteiger partial charge on any atom is 0.150 e. The fourth-order valence-corrected chi connectivity index (χ4v) is 1.83. The van der Waals surface area contributed by atoms with E-state index in [0.29, 0.717) is 0 Å². The predicted octanol–water partition coefficient (Wildman–Crippen LogP) is 1.40. The van der Waals surface area contributed by atoms with Crippen LogP contribution in [0.1, 0.15) is 12.8 Å². The average molecular weight is 194 g/mol. The van der Waals surface area contributed by atoms with E-state index in [4.69, 9.17) is 4.74 Å². The Morgan fingerprint density at radius 2 is 2.07 bits per heavy atom. The highest BCUT2D eigenvalue weighted by Crippen LogP contribution is 2.11. The number of likely N-dealkylation sites (tertiary alicyclic amines) is 1. The van der Waals surface area contributed by atoms with Gasteiger partial charge in [0.25, 0.3) is 0 Å². The smallest absolute Gasteiger partial charge is 0.150 e. The van der Waals surface area contributed by atoms with E-state index in [1.807, 2.05) is 25.4 Å². The van der Waals surface area contributed by atoms with Gasteiger partial charge in [-0.3, -0.25) is 4.90 Å². The minimum absolute atomic E-state index is 0.112. The van der Waals surface area contributed by atoms with E-state index in [0.717, 1.165) is 6.73 Å². The lowest BCUT2D eigenvalue weighted by molar-refractivity contribution is -0.0451. The van der Waals surface area contributed by atoms with Crippen LogP contribution in [0.15, 0.2) is 24.4 Å². The molecular formula is C11H18N2O. The quantitative estimate of drug-likeness (QED) is 0.675. The third kappa shape index (κ3) is 2.36. The molecule has 14 heavy (non-hydrogen) atoms. The molecule has 1 fully saturated rings. The van der Waals surface area contributed by atoms with Crippen molar-refractivity contribution in [1.82, 2.24) is 9.80 Å². The Kier molecular flexibility index (Phi) is 3.22.